The summed E-state index contributed by atoms with van der Waals surface area (Å²) in [6, 6.07) is 9.53. The minimum Gasteiger partial charge on any atom is -0.496 e. The molecule has 0 fully saturated rings. The van der Waals surface area contributed by atoms with Crippen LogP contribution in [0.3, 0.4) is 0 Å². The van der Waals surface area contributed by atoms with Crippen LogP contribution in [0.1, 0.15) is 23.0 Å². The first-order valence-electron chi connectivity index (χ1n) is 10.3. The smallest absolute Gasteiger partial charge is 0.258 e. The molecule has 0 aliphatic heterocycles. The number of aromatic nitrogens is 4. The number of nitrogens with one attached hydrogen (secondary N) is 2. The van der Waals surface area contributed by atoms with Gasteiger partial charge in [0.1, 0.15) is 23.4 Å². The maximum Gasteiger partial charge on any atom is 0.258 e. The summed E-state index contributed by atoms with van der Waals surface area (Å²) in [6.07, 6.45) is 3.97. The summed E-state index contributed by atoms with van der Waals surface area (Å²) in [5, 5.41) is 19.1. The molecule has 4 rings (SSSR count). The Morgan fingerprint density at radius 2 is 1.94 bits per heavy atom. The number of rotatable bonds is 8. The van der Waals surface area contributed by atoms with Crippen molar-refractivity contribution in [3.63, 3.8) is 0 Å². The van der Waals surface area contributed by atoms with E-state index >= 15 is 0 Å². The van der Waals surface area contributed by atoms with Crippen molar-refractivity contribution in [1.82, 2.24) is 25.1 Å². The van der Waals surface area contributed by atoms with Crippen molar-refractivity contribution in [2.24, 2.45) is 0 Å². The highest BCUT2D eigenvalue weighted by Crippen LogP contribution is 2.34. The van der Waals surface area contributed by atoms with Gasteiger partial charge in [-0.3, -0.25) is 14.5 Å². The number of benzene rings is 2. The summed E-state index contributed by atoms with van der Waals surface area (Å²) in [4.78, 5) is 17.1. The van der Waals surface area contributed by atoms with Crippen molar-refractivity contribution in [1.29, 1.82) is 0 Å². The Bertz CT molecular complexity index is 1240. The van der Waals surface area contributed by atoms with Crippen molar-refractivity contribution >= 4 is 16.9 Å². The molecule has 3 N–H and O–H groups in total. The van der Waals surface area contributed by atoms with Crippen LogP contribution in [0.4, 0.5) is 0 Å². The number of aliphatic hydroxyl groups excluding tert-OH is 1. The zero-order valence-corrected chi connectivity index (χ0v) is 18.2. The van der Waals surface area contributed by atoms with Gasteiger partial charge in [-0.2, -0.15) is 5.10 Å². The largest absolute Gasteiger partial charge is 0.496 e. The number of aliphatic hydroxyl groups is 1. The van der Waals surface area contributed by atoms with E-state index in [2.05, 4.69) is 20.5 Å². The van der Waals surface area contributed by atoms with Gasteiger partial charge in [0.2, 0.25) is 0 Å². The number of hydrogen-bond donors (Lipinski definition) is 3. The zero-order valence-electron chi connectivity index (χ0n) is 18.2. The number of aromatic amines is 1. The summed E-state index contributed by atoms with van der Waals surface area (Å²) in [7, 11) is 3.04. The monoisotopic (exact) mass is 435 g/mol. The first-order chi connectivity index (χ1) is 15.6. The van der Waals surface area contributed by atoms with Crippen LogP contribution in [0, 0.1) is 0 Å². The lowest BCUT2D eigenvalue weighted by atomic mass is 10.0. The second-order valence-corrected chi connectivity index (χ2v) is 7.14. The topological polar surface area (TPSA) is 114 Å². The summed E-state index contributed by atoms with van der Waals surface area (Å²) in [6.45, 7) is 2.40. The molecule has 9 nitrogen and oxygen atoms in total. The van der Waals surface area contributed by atoms with Crippen molar-refractivity contribution in [3.8, 4) is 28.3 Å². The minimum atomic E-state index is -0.258. The lowest BCUT2D eigenvalue weighted by Crippen LogP contribution is -2.24. The number of carbonyl (C=O) groups excluding carboxylic acids is 1. The third-order valence-corrected chi connectivity index (χ3v) is 5.27. The number of fused-ring (bicyclic) bond motifs is 1. The molecule has 2 aromatic heterocycles. The molecule has 32 heavy (non-hydrogen) atoms. The van der Waals surface area contributed by atoms with Crippen LogP contribution in [0.5, 0.6) is 11.5 Å². The van der Waals surface area contributed by atoms with Crippen molar-refractivity contribution < 1.29 is 19.4 Å². The van der Waals surface area contributed by atoms with Gasteiger partial charge in [0.15, 0.2) is 0 Å². The molecule has 0 unspecified atom stereocenters. The van der Waals surface area contributed by atoms with Gasteiger partial charge in [-0.1, -0.05) is 6.07 Å². The molecule has 166 valence electrons. The van der Waals surface area contributed by atoms with Gasteiger partial charge in [0.25, 0.3) is 5.91 Å². The first kappa shape index (κ1) is 21.4. The van der Waals surface area contributed by atoms with E-state index in [1.54, 1.807) is 24.7 Å². The molecule has 0 radical (unpaired) electrons. The lowest BCUT2D eigenvalue weighted by molar-refractivity contribution is 0.0949. The maximum absolute atomic E-state index is 12.5. The van der Waals surface area contributed by atoms with Crippen molar-refractivity contribution in [2.75, 3.05) is 27.4 Å². The highest BCUT2D eigenvalue weighted by Gasteiger charge is 2.21. The Morgan fingerprint density at radius 1 is 1.19 bits per heavy atom. The molecule has 0 atom stereocenters. The molecular formula is C23H25N5O4. The number of nitrogens with zero attached hydrogens (tertiary/aromatic N) is 3. The number of methoxy groups -OCH3 is 2. The zero-order chi connectivity index (χ0) is 22.7. The van der Waals surface area contributed by atoms with Crippen LogP contribution < -0.4 is 14.8 Å². The highest BCUT2D eigenvalue weighted by molar-refractivity contribution is 6.00. The van der Waals surface area contributed by atoms with Gasteiger partial charge < -0.3 is 19.9 Å². The third-order valence-electron chi connectivity index (χ3n) is 5.27. The summed E-state index contributed by atoms with van der Waals surface area (Å²) in [5.41, 5.74) is 5.56. The van der Waals surface area contributed by atoms with E-state index in [9.17, 15) is 9.90 Å². The lowest BCUT2D eigenvalue weighted by Gasteiger charge is -2.15. The number of carbonyl (C=O) groups is 1. The Balaban J connectivity index is 1.78. The SMILES string of the molecule is CCNC(=O)c1c(OC)cc(-n2cnc3cc(-c4cn[nH]c4CCO)ccc32)cc1OC. The molecule has 2 heterocycles. The quantitative estimate of drug-likeness (QED) is 0.392. The van der Waals surface area contributed by atoms with E-state index in [0.717, 1.165) is 33.5 Å². The van der Waals surface area contributed by atoms with Crippen LogP contribution >= 0.6 is 0 Å². The van der Waals surface area contributed by atoms with Crippen molar-refractivity contribution in [3.05, 3.63) is 54.1 Å². The Labute approximate surface area is 185 Å². The molecule has 1 amide bonds. The summed E-state index contributed by atoms with van der Waals surface area (Å²) < 4.78 is 12.9. The van der Waals surface area contributed by atoms with E-state index in [1.165, 1.54) is 14.2 Å². The van der Waals surface area contributed by atoms with Crippen LogP contribution in [-0.2, 0) is 6.42 Å². The average molecular weight is 435 g/mol. The molecule has 0 saturated carbocycles. The number of amides is 1. The van der Waals surface area contributed by atoms with Gasteiger partial charge in [0, 0.05) is 43.0 Å². The number of ether oxygens (including phenoxy) is 2. The third kappa shape index (κ3) is 3.78. The van der Waals surface area contributed by atoms with Crippen molar-refractivity contribution in [2.45, 2.75) is 13.3 Å². The van der Waals surface area contributed by atoms with Gasteiger partial charge in [0.05, 0.1) is 37.1 Å². The van der Waals surface area contributed by atoms with Crippen LogP contribution in [0.25, 0.3) is 27.8 Å². The molecule has 2 aromatic carbocycles. The normalized spacial score (nSPS) is 11.0. The summed E-state index contributed by atoms with van der Waals surface area (Å²) >= 11 is 0. The molecular weight excluding hydrogens is 410 g/mol. The predicted molar refractivity (Wildman–Crippen MR) is 121 cm³/mol. The number of imidazole rings is 1. The Morgan fingerprint density at radius 3 is 2.59 bits per heavy atom. The molecule has 0 spiro atoms. The molecule has 9 heteroatoms. The van der Waals surface area contributed by atoms with Crippen LogP contribution in [0.2, 0.25) is 0 Å². The van der Waals surface area contributed by atoms with Gasteiger partial charge >= 0.3 is 0 Å². The molecule has 4 aromatic rings. The van der Waals surface area contributed by atoms with E-state index < -0.39 is 0 Å². The van der Waals surface area contributed by atoms with Gasteiger partial charge in [-0.05, 0) is 24.6 Å². The van der Waals surface area contributed by atoms with Crippen LogP contribution in [0.15, 0.2) is 42.9 Å². The fourth-order valence-electron chi connectivity index (χ4n) is 3.76. The molecule has 0 aliphatic carbocycles. The van der Waals surface area contributed by atoms with E-state index in [4.69, 9.17) is 9.47 Å². The van der Waals surface area contributed by atoms with Gasteiger partial charge in [-0.25, -0.2) is 4.98 Å². The predicted octanol–water partition coefficient (Wildman–Crippen LogP) is 2.72. The average Bonchev–Trinajstić information content (AvgIpc) is 3.45. The molecule has 0 aliphatic rings. The fraction of sp³-hybridized carbons (Fsp3) is 0.261. The second-order valence-electron chi connectivity index (χ2n) is 7.14. The fourth-order valence-corrected chi connectivity index (χ4v) is 3.76. The highest BCUT2D eigenvalue weighted by atomic mass is 16.5. The maximum atomic E-state index is 12.5. The minimum absolute atomic E-state index is 0.0437. The second kappa shape index (κ2) is 9.11. The van der Waals surface area contributed by atoms with E-state index in [-0.39, 0.29) is 12.5 Å². The standard InChI is InChI=1S/C23H25N5O4/c1-4-24-23(30)22-20(31-2)10-15(11-21(22)32-3)28-13-25-18-9-14(5-6-19(18)28)16-12-26-27-17(16)7-8-29/h5-6,9-13,29H,4,7-8H2,1-3H3,(H,24,30)(H,26,27). The van der Waals surface area contributed by atoms with E-state index in [1.807, 2.05) is 29.7 Å². The number of H-pyrrole nitrogens is 1. The van der Waals surface area contributed by atoms with Gasteiger partial charge in [-0.15, -0.1) is 0 Å². The molecule has 0 saturated heterocycles. The Kier molecular flexibility index (Phi) is 6.09. The van der Waals surface area contributed by atoms with Crippen LogP contribution in [-0.4, -0.2) is 58.1 Å². The Hall–Kier alpha value is -3.85. The number of hydrogen-bond acceptors (Lipinski definition) is 6. The molecule has 0 bridgehead atoms. The van der Waals surface area contributed by atoms with E-state index in [0.29, 0.717) is 30.0 Å². The first-order valence-corrected chi connectivity index (χ1v) is 10.3. The summed E-state index contributed by atoms with van der Waals surface area (Å²) in [5.74, 6) is 0.568.